The maximum absolute atomic E-state index is 12.1. The Bertz CT molecular complexity index is 468. The summed E-state index contributed by atoms with van der Waals surface area (Å²) in [4.78, 5) is 22.4. The molecule has 1 aromatic carbocycles. The van der Waals surface area contributed by atoms with Gasteiger partial charge < -0.3 is 14.3 Å². The molecule has 0 amide bonds. The van der Waals surface area contributed by atoms with Crippen LogP contribution in [0.5, 0.6) is 5.75 Å². The molecule has 0 aliphatic carbocycles. The molecule has 0 unspecified atom stereocenters. The van der Waals surface area contributed by atoms with Crippen LogP contribution in [-0.4, -0.2) is 26.0 Å². The van der Waals surface area contributed by atoms with Crippen molar-refractivity contribution in [3.05, 3.63) is 29.3 Å². The zero-order valence-electron chi connectivity index (χ0n) is 13.6. The number of esters is 1. The summed E-state index contributed by atoms with van der Waals surface area (Å²) in [6, 6.07) is 5.65. The maximum atomic E-state index is 12.1. The molecule has 1 aromatic rings. The Balaban J connectivity index is 2.58. The van der Waals surface area contributed by atoms with Gasteiger partial charge in [0.25, 0.3) is 0 Å². The van der Waals surface area contributed by atoms with E-state index in [0.29, 0.717) is 24.3 Å². The minimum Gasteiger partial charge on any atom is -0.496 e. The van der Waals surface area contributed by atoms with Gasteiger partial charge in [0, 0.05) is 6.42 Å². The van der Waals surface area contributed by atoms with Crippen molar-refractivity contribution in [2.24, 2.45) is 0 Å². The number of methoxy groups -OCH3 is 1. The minimum absolute atomic E-state index is 0.319. The molecule has 0 fully saturated rings. The number of hydrogen-bond acceptors (Lipinski definition) is 4. The molecule has 0 N–H and O–H groups in total. The van der Waals surface area contributed by atoms with Crippen LogP contribution in [0.15, 0.2) is 18.2 Å². The summed E-state index contributed by atoms with van der Waals surface area (Å²) in [5.74, 6) is 0.253. The Morgan fingerprint density at radius 3 is 2.55 bits per heavy atom. The largest absolute Gasteiger partial charge is 0.496 e. The summed E-state index contributed by atoms with van der Waals surface area (Å²) in [7, 11) is 1.56. The highest BCUT2D eigenvalue weighted by molar-refractivity contribution is 5.94. The van der Waals surface area contributed by atoms with Crippen molar-refractivity contribution in [2.75, 3.05) is 13.7 Å². The van der Waals surface area contributed by atoms with Gasteiger partial charge in [-0.05, 0) is 37.8 Å². The van der Waals surface area contributed by atoms with Gasteiger partial charge >= 0.3 is 5.97 Å². The smallest absolute Gasteiger partial charge is 0.342 e. The van der Waals surface area contributed by atoms with Crippen LogP contribution in [0, 0.1) is 0 Å². The SMILES string of the molecule is CCOC(=O)c1c(CCCCCCCC=O)cccc1OC. The van der Waals surface area contributed by atoms with E-state index >= 15 is 0 Å². The van der Waals surface area contributed by atoms with E-state index < -0.39 is 0 Å². The summed E-state index contributed by atoms with van der Waals surface area (Å²) in [5, 5.41) is 0. The van der Waals surface area contributed by atoms with Crippen LogP contribution in [-0.2, 0) is 16.0 Å². The molecule has 0 aromatic heterocycles. The van der Waals surface area contributed by atoms with Gasteiger partial charge in [-0.15, -0.1) is 0 Å². The number of rotatable bonds is 11. The van der Waals surface area contributed by atoms with Gasteiger partial charge in [0.15, 0.2) is 0 Å². The highest BCUT2D eigenvalue weighted by atomic mass is 16.5. The number of aryl methyl sites for hydroxylation is 1. The molecule has 0 heterocycles. The molecular formula is C18H26O4. The van der Waals surface area contributed by atoms with Gasteiger partial charge in [-0.2, -0.15) is 0 Å². The van der Waals surface area contributed by atoms with Crippen molar-refractivity contribution < 1.29 is 19.1 Å². The quantitative estimate of drug-likeness (QED) is 0.353. The molecule has 0 spiro atoms. The number of ether oxygens (including phenoxy) is 2. The van der Waals surface area contributed by atoms with Gasteiger partial charge in [-0.3, -0.25) is 0 Å². The number of carbonyl (C=O) groups excluding carboxylic acids is 2. The van der Waals surface area contributed by atoms with E-state index in [1.165, 1.54) is 0 Å². The summed E-state index contributed by atoms with van der Waals surface area (Å²) in [5.41, 5.74) is 1.53. The normalized spacial score (nSPS) is 10.3. The molecule has 0 bridgehead atoms. The Kier molecular flexibility index (Phi) is 8.96. The summed E-state index contributed by atoms with van der Waals surface area (Å²) in [6.45, 7) is 2.15. The number of benzene rings is 1. The predicted molar refractivity (Wildman–Crippen MR) is 86.4 cm³/mol. The third-order valence-corrected chi connectivity index (χ3v) is 3.58. The standard InChI is InChI=1S/C18H26O4/c1-3-22-18(20)17-15(12-10-13-16(17)21-2)11-8-6-4-5-7-9-14-19/h10,12-14H,3-9,11H2,1-2H3. The van der Waals surface area contributed by atoms with Crippen LogP contribution in [0.1, 0.15) is 61.4 Å². The lowest BCUT2D eigenvalue weighted by atomic mass is 9.99. The van der Waals surface area contributed by atoms with E-state index in [9.17, 15) is 9.59 Å². The average molecular weight is 306 g/mol. The van der Waals surface area contributed by atoms with Crippen LogP contribution in [0.3, 0.4) is 0 Å². The molecule has 4 nitrogen and oxygen atoms in total. The molecule has 1 rings (SSSR count). The second-order valence-corrected chi connectivity index (χ2v) is 5.19. The Hall–Kier alpha value is -1.84. The van der Waals surface area contributed by atoms with Crippen LogP contribution in [0.4, 0.5) is 0 Å². The van der Waals surface area contributed by atoms with E-state index in [-0.39, 0.29) is 5.97 Å². The minimum atomic E-state index is -0.319. The molecule has 0 aliphatic rings. The maximum Gasteiger partial charge on any atom is 0.342 e. The third kappa shape index (κ3) is 5.88. The fraction of sp³-hybridized carbons (Fsp3) is 0.556. The van der Waals surface area contributed by atoms with Crippen LogP contribution in [0.2, 0.25) is 0 Å². The molecule has 122 valence electrons. The lowest BCUT2D eigenvalue weighted by Gasteiger charge is -2.12. The zero-order chi connectivity index (χ0) is 16.2. The molecule has 0 saturated carbocycles. The first-order valence-corrected chi connectivity index (χ1v) is 8.01. The van der Waals surface area contributed by atoms with E-state index in [4.69, 9.17) is 9.47 Å². The van der Waals surface area contributed by atoms with E-state index in [0.717, 1.165) is 50.4 Å². The second-order valence-electron chi connectivity index (χ2n) is 5.19. The van der Waals surface area contributed by atoms with Gasteiger partial charge in [-0.25, -0.2) is 4.79 Å². The van der Waals surface area contributed by atoms with Crippen molar-refractivity contribution >= 4 is 12.3 Å². The van der Waals surface area contributed by atoms with Crippen LogP contribution >= 0.6 is 0 Å². The molecule has 0 saturated heterocycles. The van der Waals surface area contributed by atoms with Crippen molar-refractivity contribution in [2.45, 2.75) is 51.9 Å². The van der Waals surface area contributed by atoms with Gasteiger partial charge in [0.1, 0.15) is 17.6 Å². The summed E-state index contributed by atoms with van der Waals surface area (Å²) < 4.78 is 10.4. The predicted octanol–water partition coefficient (Wildman–Crippen LogP) is 3.95. The van der Waals surface area contributed by atoms with Crippen molar-refractivity contribution in [1.82, 2.24) is 0 Å². The fourth-order valence-electron chi connectivity index (χ4n) is 2.46. The van der Waals surface area contributed by atoms with Gasteiger partial charge in [-0.1, -0.05) is 31.4 Å². The topological polar surface area (TPSA) is 52.6 Å². The number of hydrogen-bond donors (Lipinski definition) is 0. The monoisotopic (exact) mass is 306 g/mol. The molecule has 0 aliphatic heterocycles. The highest BCUT2D eigenvalue weighted by Gasteiger charge is 2.17. The van der Waals surface area contributed by atoms with Crippen LogP contribution < -0.4 is 4.74 Å². The van der Waals surface area contributed by atoms with Crippen molar-refractivity contribution in [3.63, 3.8) is 0 Å². The molecule has 4 heteroatoms. The van der Waals surface area contributed by atoms with Crippen molar-refractivity contribution in [3.8, 4) is 5.75 Å². The molecular weight excluding hydrogens is 280 g/mol. The Morgan fingerprint density at radius 1 is 1.14 bits per heavy atom. The van der Waals surface area contributed by atoms with Crippen molar-refractivity contribution in [1.29, 1.82) is 0 Å². The van der Waals surface area contributed by atoms with E-state index in [1.54, 1.807) is 20.1 Å². The Morgan fingerprint density at radius 2 is 1.86 bits per heavy atom. The summed E-state index contributed by atoms with van der Waals surface area (Å²) >= 11 is 0. The van der Waals surface area contributed by atoms with E-state index in [2.05, 4.69) is 0 Å². The van der Waals surface area contributed by atoms with Gasteiger partial charge in [0.05, 0.1) is 13.7 Å². The number of unbranched alkanes of at least 4 members (excludes halogenated alkanes) is 5. The van der Waals surface area contributed by atoms with Gasteiger partial charge in [0.2, 0.25) is 0 Å². The Labute approximate surface area is 132 Å². The molecule has 22 heavy (non-hydrogen) atoms. The fourth-order valence-corrected chi connectivity index (χ4v) is 2.46. The first-order valence-electron chi connectivity index (χ1n) is 8.01. The molecule has 0 radical (unpaired) electrons. The van der Waals surface area contributed by atoms with E-state index in [1.807, 2.05) is 12.1 Å². The third-order valence-electron chi connectivity index (χ3n) is 3.58. The zero-order valence-corrected chi connectivity index (χ0v) is 13.6. The number of aldehydes is 1. The van der Waals surface area contributed by atoms with Crippen LogP contribution in [0.25, 0.3) is 0 Å². The summed E-state index contributed by atoms with van der Waals surface area (Å²) in [6.07, 6.45) is 7.74. The lowest BCUT2D eigenvalue weighted by Crippen LogP contribution is -2.10. The molecule has 0 atom stereocenters. The highest BCUT2D eigenvalue weighted by Crippen LogP contribution is 2.25. The average Bonchev–Trinajstić information content (AvgIpc) is 2.53. The first kappa shape index (κ1) is 18.2. The lowest BCUT2D eigenvalue weighted by molar-refractivity contribution is -0.107. The number of carbonyl (C=O) groups is 2. The second kappa shape index (κ2) is 10.8. The first-order chi connectivity index (χ1) is 10.7.